The molecule has 0 aliphatic heterocycles. The van der Waals surface area contributed by atoms with Gasteiger partial charge in [-0.3, -0.25) is 14.3 Å². The number of aromatic nitrogens is 4. The lowest BCUT2D eigenvalue weighted by Gasteiger charge is -2.13. The highest BCUT2D eigenvalue weighted by Crippen LogP contribution is 2.30. The van der Waals surface area contributed by atoms with E-state index in [0.29, 0.717) is 44.6 Å². The van der Waals surface area contributed by atoms with Crippen molar-refractivity contribution >= 4 is 45.1 Å². The van der Waals surface area contributed by atoms with E-state index in [9.17, 15) is 22.0 Å². The number of nitrogens with one attached hydrogen (secondary N) is 1. The summed E-state index contributed by atoms with van der Waals surface area (Å²) < 4.78 is 53.1. The van der Waals surface area contributed by atoms with Crippen LogP contribution in [0, 0.1) is 0 Å². The summed E-state index contributed by atoms with van der Waals surface area (Å²) in [4.78, 5) is 17.3. The van der Waals surface area contributed by atoms with Gasteiger partial charge in [-0.05, 0) is 54.6 Å². The van der Waals surface area contributed by atoms with Gasteiger partial charge in [-0.25, -0.2) is 12.7 Å². The largest absolute Gasteiger partial charge is 0.325 e. The highest BCUT2D eigenvalue weighted by atomic mass is 32.2. The van der Waals surface area contributed by atoms with Gasteiger partial charge >= 0.3 is 0 Å². The van der Waals surface area contributed by atoms with Crippen molar-refractivity contribution in [3.63, 3.8) is 0 Å². The minimum absolute atomic E-state index is 0.0465. The Labute approximate surface area is 226 Å². The van der Waals surface area contributed by atoms with Crippen LogP contribution in [0.15, 0.2) is 88.0 Å². The molecule has 0 fully saturated rings. The van der Waals surface area contributed by atoms with Gasteiger partial charge in [0.05, 0.1) is 10.6 Å². The number of nitrogens with zero attached hydrogens (tertiary/aromatic N) is 5. The third-order valence-corrected chi connectivity index (χ3v) is 8.56. The molecule has 38 heavy (non-hydrogen) atoms. The lowest BCUT2D eigenvalue weighted by atomic mass is 10.2. The zero-order valence-electron chi connectivity index (χ0n) is 20.2. The summed E-state index contributed by atoms with van der Waals surface area (Å²) in [6, 6.07) is 16.1. The van der Waals surface area contributed by atoms with Crippen LogP contribution in [0.1, 0.15) is 0 Å². The quantitative estimate of drug-likeness (QED) is 0.272. The van der Waals surface area contributed by atoms with Crippen LogP contribution in [-0.2, 0) is 14.8 Å². The first-order chi connectivity index (χ1) is 18.1. The van der Waals surface area contributed by atoms with Crippen molar-refractivity contribution in [3.8, 4) is 17.1 Å². The Kier molecular flexibility index (Phi) is 8.76. The number of anilines is 1. The Bertz CT molecular complexity index is 1520. The maximum atomic E-state index is 12.7. The molecule has 0 atom stereocenters. The number of hydrogen-bond donors (Lipinski definition) is 1. The van der Waals surface area contributed by atoms with Crippen LogP contribution < -0.4 is 5.32 Å². The molecule has 0 saturated carbocycles. The SMILES string of the molecule is CN(C)S(=O)(=O)c1cccc(NC(=O)CSc2nnc(-c3cccnc3)n2-c2ccc(SC(F)F)cc2)c1. The van der Waals surface area contributed by atoms with E-state index >= 15 is 0 Å². The van der Waals surface area contributed by atoms with E-state index in [0.717, 1.165) is 16.1 Å². The van der Waals surface area contributed by atoms with Crippen LogP contribution in [-0.4, -0.2) is 64.0 Å². The number of rotatable bonds is 10. The molecule has 1 N–H and O–H groups in total. The number of alkyl halides is 2. The summed E-state index contributed by atoms with van der Waals surface area (Å²) in [5.74, 6) is -2.49. The second kappa shape index (κ2) is 12.0. The molecule has 0 aliphatic rings. The molecule has 4 aromatic rings. The highest BCUT2D eigenvalue weighted by molar-refractivity contribution is 8.00. The molecule has 1 amide bonds. The molecule has 9 nitrogen and oxygen atoms in total. The minimum atomic E-state index is -3.65. The lowest BCUT2D eigenvalue weighted by Crippen LogP contribution is -2.22. The number of sulfonamides is 1. The summed E-state index contributed by atoms with van der Waals surface area (Å²) in [6.07, 6.45) is 3.25. The molecule has 0 radical (unpaired) electrons. The van der Waals surface area contributed by atoms with Crippen LogP contribution in [0.25, 0.3) is 17.1 Å². The van der Waals surface area contributed by atoms with Crippen molar-refractivity contribution in [1.82, 2.24) is 24.1 Å². The molecular formula is C24H22F2N6O3S3. The van der Waals surface area contributed by atoms with Crippen molar-refractivity contribution < 1.29 is 22.0 Å². The molecule has 4 rings (SSSR count). The third kappa shape index (κ3) is 6.56. The Morgan fingerprint density at radius 3 is 2.50 bits per heavy atom. The summed E-state index contributed by atoms with van der Waals surface area (Å²) >= 11 is 1.57. The van der Waals surface area contributed by atoms with Crippen molar-refractivity contribution in [2.75, 3.05) is 25.2 Å². The van der Waals surface area contributed by atoms with Crippen molar-refractivity contribution in [2.24, 2.45) is 0 Å². The molecule has 2 heterocycles. The fraction of sp³-hybridized carbons (Fsp3) is 0.167. The van der Waals surface area contributed by atoms with Gasteiger partial charge in [0, 0.05) is 48.3 Å². The fourth-order valence-electron chi connectivity index (χ4n) is 3.33. The Morgan fingerprint density at radius 2 is 1.84 bits per heavy atom. The summed E-state index contributed by atoms with van der Waals surface area (Å²) in [5, 5.41) is 11.6. The summed E-state index contributed by atoms with van der Waals surface area (Å²) in [5.41, 5.74) is 1.64. The lowest BCUT2D eigenvalue weighted by molar-refractivity contribution is -0.113. The predicted molar refractivity (Wildman–Crippen MR) is 143 cm³/mol. The predicted octanol–water partition coefficient (Wildman–Crippen LogP) is 4.63. The van der Waals surface area contributed by atoms with E-state index in [1.54, 1.807) is 59.4 Å². The average molecular weight is 577 g/mol. The fourth-order valence-corrected chi connectivity index (χ4v) is 5.53. The molecular weight excluding hydrogens is 555 g/mol. The van der Waals surface area contributed by atoms with E-state index < -0.39 is 15.8 Å². The number of halogens is 2. The Hall–Kier alpha value is -3.33. The Balaban J connectivity index is 1.56. The topological polar surface area (TPSA) is 110 Å². The van der Waals surface area contributed by atoms with Crippen LogP contribution in [0.5, 0.6) is 0 Å². The normalized spacial score (nSPS) is 11.7. The van der Waals surface area contributed by atoms with Crippen molar-refractivity contribution in [1.29, 1.82) is 0 Å². The average Bonchev–Trinajstić information content (AvgIpc) is 3.32. The van der Waals surface area contributed by atoms with Gasteiger partial charge in [0.2, 0.25) is 15.9 Å². The van der Waals surface area contributed by atoms with E-state index in [2.05, 4.69) is 20.5 Å². The molecule has 0 saturated heterocycles. The number of hydrogen-bond acceptors (Lipinski definition) is 8. The smallest absolute Gasteiger partial charge is 0.288 e. The zero-order chi connectivity index (χ0) is 27.3. The number of amides is 1. The number of benzene rings is 2. The Morgan fingerprint density at radius 1 is 1.08 bits per heavy atom. The first-order valence-corrected chi connectivity index (χ1v) is 14.3. The molecule has 198 valence electrons. The number of thioether (sulfide) groups is 2. The van der Waals surface area contributed by atoms with Crippen LogP contribution in [0.2, 0.25) is 0 Å². The van der Waals surface area contributed by atoms with Crippen LogP contribution >= 0.6 is 23.5 Å². The van der Waals surface area contributed by atoms with Gasteiger partial charge < -0.3 is 5.32 Å². The summed E-state index contributed by atoms with van der Waals surface area (Å²) in [7, 11) is -0.795. The van der Waals surface area contributed by atoms with Gasteiger partial charge in [0.25, 0.3) is 5.76 Å². The van der Waals surface area contributed by atoms with Gasteiger partial charge in [-0.1, -0.05) is 29.6 Å². The molecule has 0 aliphatic carbocycles. The summed E-state index contributed by atoms with van der Waals surface area (Å²) in [6.45, 7) is 0. The molecule has 0 spiro atoms. The first kappa shape index (κ1) is 27.7. The monoisotopic (exact) mass is 576 g/mol. The van der Waals surface area contributed by atoms with E-state index in [1.807, 2.05) is 6.07 Å². The standard InChI is InChI=1S/C24H22F2N6O3S3/c1-31(2)38(34,35)20-7-3-6-17(13-20)28-21(33)15-36-24-30-29-22(16-5-4-12-27-14-16)32(24)18-8-10-19(11-9-18)37-23(25)26/h3-14,23H,15H2,1-2H3,(H,28,33). The first-order valence-electron chi connectivity index (χ1n) is 11.0. The molecule has 14 heteroatoms. The zero-order valence-corrected chi connectivity index (χ0v) is 22.6. The number of carbonyl (C=O) groups is 1. The van der Waals surface area contributed by atoms with Gasteiger partial charge in [0.15, 0.2) is 11.0 Å². The third-order valence-electron chi connectivity index (χ3n) is 5.10. The molecule has 2 aromatic carbocycles. The van der Waals surface area contributed by atoms with Gasteiger partial charge in [0.1, 0.15) is 0 Å². The second-order valence-corrected chi connectivity index (χ2v) is 12.1. The maximum absolute atomic E-state index is 12.7. The maximum Gasteiger partial charge on any atom is 0.288 e. The minimum Gasteiger partial charge on any atom is -0.325 e. The van der Waals surface area contributed by atoms with Crippen molar-refractivity contribution in [3.05, 3.63) is 73.1 Å². The molecule has 0 unspecified atom stereocenters. The molecule has 2 aromatic heterocycles. The number of pyridine rings is 1. The van der Waals surface area contributed by atoms with Gasteiger partial charge in [-0.15, -0.1) is 10.2 Å². The van der Waals surface area contributed by atoms with Crippen LogP contribution in [0.4, 0.5) is 14.5 Å². The van der Waals surface area contributed by atoms with Crippen LogP contribution in [0.3, 0.4) is 0 Å². The van der Waals surface area contributed by atoms with E-state index in [4.69, 9.17) is 0 Å². The van der Waals surface area contributed by atoms with Crippen molar-refractivity contribution in [2.45, 2.75) is 20.7 Å². The second-order valence-electron chi connectivity index (χ2n) is 7.91. The number of carbonyl (C=O) groups excluding carboxylic acids is 1. The molecule has 0 bridgehead atoms. The van der Waals surface area contributed by atoms with E-state index in [-0.39, 0.29) is 16.6 Å². The highest BCUT2D eigenvalue weighted by Gasteiger charge is 2.20. The van der Waals surface area contributed by atoms with E-state index in [1.165, 1.54) is 26.2 Å². The van der Waals surface area contributed by atoms with Gasteiger partial charge in [-0.2, -0.15) is 8.78 Å².